The van der Waals surface area contributed by atoms with Gasteiger partial charge < -0.3 is 10.2 Å². The highest BCUT2D eigenvalue weighted by atomic mass is 16.4. The Labute approximate surface area is 62.4 Å². The van der Waals surface area contributed by atoms with Gasteiger partial charge in [-0.15, -0.1) is 0 Å². The second-order valence-corrected chi connectivity index (χ2v) is 2.00. The first-order valence-corrected chi connectivity index (χ1v) is 2.87. The van der Waals surface area contributed by atoms with E-state index in [0.29, 0.717) is 5.69 Å². The Hall–Kier alpha value is -1.65. The number of aromatic carboxylic acids is 1. The standard InChI is InChI=1S/C6H6N2O3/c1-3-2-4(5(9)10)8-6(11)7-3/h2H,1H3,(H,9,10)(H,7,8,11). The molecule has 1 aromatic heterocycles. The van der Waals surface area contributed by atoms with Crippen LogP contribution in [0.1, 0.15) is 16.2 Å². The number of aromatic hydroxyl groups is 1. The molecule has 0 radical (unpaired) electrons. The molecule has 1 aromatic rings. The molecule has 0 aromatic carbocycles. The molecule has 2 N–H and O–H groups in total. The highest BCUT2D eigenvalue weighted by Crippen LogP contribution is 2.04. The molecule has 58 valence electrons. The molecule has 0 fully saturated rings. The maximum Gasteiger partial charge on any atom is 0.354 e. The largest absolute Gasteiger partial charge is 0.479 e. The van der Waals surface area contributed by atoms with E-state index in [4.69, 9.17) is 10.2 Å². The number of rotatable bonds is 1. The fourth-order valence-electron chi connectivity index (χ4n) is 0.662. The van der Waals surface area contributed by atoms with E-state index in [1.165, 1.54) is 6.07 Å². The Bertz CT molecular complexity index is 278. The molecule has 0 bridgehead atoms. The minimum absolute atomic E-state index is 0.199. The molecule has 0 saturated heterocycles. The predicted molar refractivity (Wildman–Crippen MR) is 35.4 cm³/mol. The Kier molecular flexibility index (Phi) is 1.72. The third-order valence-corrected chi connectivity index (χ3v) is 1.06. The van der Waals surface area contributed by atoms with Crippen LogP contribution in [0.4, 0.5) is 0 Å². The molecule has 0 spiro atoms. The lowest BCUT2D eigenvalue weighted by atomic mass is 10.3. The van der Waals surface area contributed by atoms with Crippen molar-refractivity contribution in [3.8, 4) is 6.01 Å². The van der Waals surface area contributed by atoms with E-state index in [2.05, 4.69) is 9.97 Å². The Morgan fingerprint density at radius 1 is 1.55 bits per heavy atom. The second-order valence-electron chi connectivity index (χ2n) is 2.00. The highest BCUT2D eigenvalue weighted by Gasteiger charge is 2.06. The van der Waals surface area contributed by atoms with Gasteiger partial charge in [0.1, 0.15) is 0 Å². The third-order valence-electron chi connectivity index (χ3n) is 1.06. The van der Waals surface area contributed by atoms with Gasteiger partial charge in [0.25, 0.3) is 0 Å². The number of carboxylic acids is 1. The maximum absolute atomic E-state index is 10.3. The number of hydrogen-bond acceptors (Lipinski definition) is 4. The van der Waals surface area contributed by atoms with Gasteiger partial charge in [-0.25, -0.2) is 9.78 Å². The predicted octanol–water partition coefficient (Wildman–Crippen LogP) is 0.189. The van der Waals surface area contributed by atoms with Crippen LogP contribution >= 0.6 is 0 Å². The number of aromatic nitrogens is 2. The molecule has 1 heterocycles. The molecule has 0 atom stereocenters. The first kappa shape index (κ1) is 7.46. The van der Waals surface area contributed by atoms with Crippen LogP contribution in [-0.2, 0) is 0 Å². The summed E-state index contributed by atoms with van der Waals surface area (Å²) in [5.74, 6) is -1.18. The van der Waals surface area contributed by atoms with Gasteiger partial charge in [0, 0.05) is 5.69 Å². The average Bonchev–Trinajstić information content (AvgIpc) is 1.85. The zero-order valence-corrected chi connectivity index (χ0v) is 5.77. The normalized spacial score (nSPS) is 9.55. The van der Waals surface area contributed by atoms with Crippen LogP contribution < -0.4 is 0 Å². The van der Waals surface area contributed by atoms with Crippen LogP contribution in [0, 0.1) is 6.92 Å². The summed E-state index contributed by atoms with van der Waals surface area (Å²) in [6.07, 6.45) is 0. The van der Waals surface area contributed by atoms with Gasteiger partial charge in [-0.3, -0.25) is 0 Å². The molecule has 0 amide bonds. The molecule has 0 aliphatic heterocycles. The number of hydrogen-bond donors (Lipinski definition) is 2. The summed E-state index contributed by atoms with van der Waals surface area (Å²) >= 11 is 0. The molecule has 1 rings (SSSR count). The summed E-state index contributed by atoms with van der Waals surface area (Å²) in [5, 5.41) is 17.2. The number of aryl methyl sites for hydroxylation is 1. The van der Waals surface area contributed by atoms with Gasteiger partial charge in [-0.2, -0.15) is 4.98 Å². The van der Waals surface area contributed by atoms with Crippen molar-refractivity contribution < 1.29 is 15.0 Å². The van der Waals surface area contributed by atoms with Crippen LogP contribution in [0.25, 0.3) is 0 Å². The molecular formula is C6H6N2O3. The van der Waals surface area contributed by atoms with Crippen molar-refractivity contribution in [3.05, 3.63) is 17.5 Å². The molecule has 0 unspecified atom stereocenters. The summed E-state index contributed by atoms with van der Waals surface area (Å²) in [6, 6.07) is 0.768. The molecule has 5 heteroatoms. The average molecular weight is 154 g/mol. The van der Waals surface area contributed by atoms with Gasteiger partial charge in [-0.05, 0) is 13.0 Å². The summed E-state index contributed by atoms with van der Waals surface area (Å²) in [6.45, 7) is 1.58. The molecule has 0 aliphatic carbocycles. The monoisotopic (exact) mass is 154 g/mol. The van der Waals surface area contributed by atoms with Gasteiger partial charge in [0.05, 0.1) is 0 Å². The van der Waals surface area contributed by atoms with E-state index < -0.39 is 12.0 Å². The topological polar surface area (TPSA) is 83.3 Å². The first-order chi connectivity index (χ1) is 5.09. The second kappa shape index (κ2) is 2.53. The molecule has 5 nitrogen and oxygen atoms in total. The fraction of sp³-hybridized carbons (Fsp3) is 0.167. The lowest BCUT2D eigenvalue weighted by Crippen LogP contribution is -2.01. The van der Waals surface area contributed by atoms with Crippen LogP contribution in [0.15, 0.2) is 6.07 Å². The number of nitrogens with zero attached hydrogens (tertiary/aromatic N) is 2. The van der Waals surface area contributed by atoms with Gasteiger partial charge >= 0.3 is 12.0 Å². The van der Waals surface area contributed by atoms with Crippen molar-refractivity contribution in [1.29, 1.82) is 0 Å². The first-order valence-electron chi connectivity index (χ1n) is 2.87. The molecule has 0 saturated carbocycles. The fourth-order valence-corrected chi connectivity index (χ4v) is 0.662. The van der Waals surface area contributed by atoms with E-state index in [0.717, 1.165) is 0 Å². The van der Waals surface area contributed by atoms with Crippen molar-refractivity contribution in [1.82, 2.24) is 9.97 Å². The Morgan fingerprint density at radius 2 is 2.18 bits per heavy atom. The number of carboxylic acid groups (broad SMARTS) is 1. The molecule has 0 aliphatic rings. The molecular weight excluding hydrogens is 148 g/mol. The van der Waals surface area contributed by atoms with Crippen molar-refractivity contribution in [2.75, 3.05) is 0 Å². The van der Waals surface area contributed by atoms with E-state index in [9.17, 15) is 4.79 Å². The van der Waals surface area contributed by atoms with E-state index in [1.807, 2.05) is 0 Å². The zero-order valence-electron chi connectivity index (χ0n) is 5.77. The van der Waals surface area contributed by atoms with Crippen LogP contribution in [0.5, 0.6) is 6.01 Å². The lowest BCUT2D eigenvalue weighted by Gasteiger charge is -1.95. The van der Waals surface area contributed by atoms with Gasteiger partial charge in [-0.1, -0.05) is 0 Å². The van der Waals surface area contributed by atoms with E-state index in [1.54, 1.807) is 6.92 Å². The Balaban J connectivity index is 3.19. The van der Waals surface area contributed by atoms with E-state index in [-0.39, 0.29) is 5.69 Å². The lowest BCUT2D eigenvalue weighted by molar-refractivity contribution is 0.0688. The summed E-state index contributed by atoms with van der Waals surface area (Å²) in [5.41, 5.74) is 0.227. The van der Waals surface area contributed by atoms with Crippen molar-refractivity contribution in [2.24, 2.45) is 0 Å². The van der Waals surface area contributed by atoms with Crippen LogP contribution in [0.2, 0.25) is 0 Å². The summed E-state index contributed by atoms with van der Waals surface area (Å²) in [7, 11) is 0. The van der Waals surface area contributed by atoms with Crippen molar-refractivity contribution >= 4 is 5.97 Å². The summed E-state index contributed by atoms with van der Waals surface area (Å²) in [4.78, 5) is 17.1. The SMILES string of the molecule is Cc1cc(C(=O)O)nc(O)n1. The molecule has 11 heavy (non-hydrogen) atoms. The third kappa shape index (κ3) is 1.64. The van der Waals surface area contributed by atoms with Crippen LogP contribution in [0.3, 0.4) is 0 Å². The minimum Gasteiger partial charge on any atom is -0.479 e. The minimum atomic E-state index is -1.18. The quantitative estimate of drug-likeness (QED) is 0.603. The van der Waals surface area contributed by atoms with Crippen molar-refractivity contribution in [2.45, 2.75) is 6.92 Å². The Morgan fingerprint density at radius 3 is 2.64 bits per heavy atom. The van der Waals surface area contributed by atoms with Crippen LogP contribution in [-0.4, -0.2) is 26.2 Å². The zero-order chi connectivity index (χ0) is 8.43. The smallest absolute Gasteiger partial charge is 0.354 e. The number of carbonyl (C=O) groups is 1. The van der Waals surface area contributed by atoms with Crippen molar-refractivity contribution in [3.63, 3.8) is 0 Å². The summed E-state index contributed by atoms with van der Waals surface area (Å²) < 4.78 is 0. The maximum atomic E-state index is 10.3. The van der Waals surface area contributed by atoms with Gasteiger partial charge in [0.15, 0.2) is 5.69 Å². The highest BCUT2D eigenvalue weighted by molar-refractivity contribution is 5.85. The van der Waals surface area contributed by atoms with E-state index >= 15 is 0 Å². The van der Waals surface area contributed by atoms with Gasteiger partial charge in [0.2, 0.25) is 0 Å².